The van der Waals surface area contributed by atoms with Gasteiger partial charge in [0.15, 0.2) is 0 Å². The van der Waals surface area contributed by atoms with Crippen LogP contribution in [0.1, 0.15) is 16.1 Å². The maximum Gasteiger partial charge on any atom is 0.387 e. The molecule has 0 spiro atoms. The number of hydrogen-bond donors (Lipinski definition) is 0. The average Bonchev–Trinajstić information content (AvgIpc) is 3.23. The molecule has 0 aliphatic carbocycles. The number of alkyl halides is 2. The number of para-hydroxylation sites is 1. The number of benzene rings is 2. The summed E-state index contributed by atoms with van der Waals surface area (Å²) in [5, 5.41) is 0. The van der Waals surface area contributed by atoms with E-state index in [1.807, 2.05) is 0 Å². The highest BCUT2D eigenvalue weighted by Gasteiger charge is 2.25. The van der Waals surface area contributed by atoms with Crippen molar-refractivity contribution in [2.45, 2.75) is 13.2 Å². The van der Waals surface area contributed by atoms with Crippen molar-refractivity contribution in [2.75, 3.05) is 26.2 Å². The first-order valence-corrected chi connectivity index (χ1v) is 9.75. The summed E-state index contributed by atoms with van der Waals surface area (Å²) >= 11 is 0. The Hall–Kier alpha value is -3.33. The van der Waals surface area contributed by atoms with Gasteiger partial charge in [-0.25, -0.2) is 9.37 Å². The zero-order chi connectivity index (χ0) is 21.8. The second-order valence-corrected chi connectivity index (χ2v) is 7.09. The molecule has 0 N–H and O–H groups in total. The second-order valence-electron chi connectivity index (χ2n) is 7.09. The number of aromatic nitrogens is 1. The van der Waals surface area contributed by atoms with E-state index in [9.17, 15) is 18.0 Å². The minimum atomic E-state index is -2.99. The van der Waals surface area contributed by atoms with E-state index in [0.29, 0.717) is 44.2 Å². The largest absolute Gasteiger partial charge is 0.444 e. The van der Waals surface area contributed by atoms with Gasteiger partial charge in [-0.1, -0.05) is 12.1 Å². The van der Waals surface area contributed by atoms with Gasteiger partial charge in [-0.3, -0.25) is 9.69 Å². The maximum absolute atomic E-state index is 13.1. The molecule has 4 rings (SSSR count). The van der Waals surface area contributed by atoms with Gasteiger partial charge >= 0.3 is 6.61 Å². The molecule has 2 aromatic carbocycles. The van der Waals surface area contributed by atoms with Crippen LogP contribution in [0.4, 0.5) is 13.2 Å². The number of ether oxygens (including phenoxy) is 1. The molecule has 3 aromatic rings. The first-order valence-electron chi connectivity index (χ1n) is 9.75. The molecule has 1 aliphatic heterocycles. The van der Waals surface area contributed by atoms with Crippen LogP contribution in [0, 0.1) is 5.82 Å². The number of carbonyl (C=O) groups excluding carboxylic acids is 1. The standard InChI is InChI=1S/C22H20F3N3O3/c23-16-7-5-15(6-8-16)20-26-17(14-30-20)13-27-9-11-28(12-10-27)21(29)18-3-1-2-4-19(18)31-22(24)25/h1-8,14,22H,9-13H2. The topological polar surface area (TPSA) is 58.8 Å². The highest BCUT2D eigenvalue weighted by atomic mass is 19.3. The zero-order valence-electron chi connectivity index (χ0n) is 16.5. The molecule has 0 saturated carbocycles. The van der Waals surface area contributed by atoms with E-state index in [0.717, 1.165) is 5.69 Å². The second kappa shape index (κ2) is 9.22. The smallest absolute Gasteiger partial charge is 0.387 e. The van der Waals surface area contributed by atoms with Crippen LogP contribution < -0.4 is 4.74 Å². The highest BCUT2D eigenvalue weighted by molar-refractivity contribution is 5.97. The molecule has 1 saturated heterocycles. The van der Waals surface area contributed by atoms with Gasteiger partial charge in [-0.2, -0.15) is 8.78 Å². The summed E-state index contributed by atoms with van der Waals surface area (Å²) in [7, 11) is 0. The monoisotopic (exact) mass is 431 g/mol. The van der Waals surface area contributed by atoms with Crippen molar-refractivity contribution in [3.63, 3.8) is 0 Å². The van der Waals surface area contributed by atoms with Crippen molar-refractivity contribution in [1.82, 2.24) is 14.8 Å². The summed E-state index contributed by atoms with van der Waals surface area (Å²) in [6, 6.07) is 11.9. The Morgan fingerprint density at radius 3 is 2.48 bits per heavy atom. The van der Waals surface area contributed by atoms with Crippen LogP contribution >= 0.6 is 0 Å². The first kappa shape index (κ1) is 20.9. The lowest BCUT2D eigenvalue weighted by Gasteiger charge is -2.34. The van der Waals surface area contributed by atoms with Crippen molar-refractivity contribution < 1.29 is 27.1 Å². The molecular weight excluding hydrogens is 411 g/mol. The van der Waals surface area contributed by atoms with E-state index < -0.39 is 6.61 Å². The minimum Gasteiger partial charge on any atom is -0.444 e. The molecule has 2 heterocycles. The van der Waals surface area contributed by atoms with Crippen LogP contribution in [0.3, 0.4) is 0 Å². The van der Waals surface area contributed by atoms with Crippen LogP contribution in [0.15, 0.2) is 59.2 Å². The molecule has 162 valence electrons. The number of halogens is 3. The van der Waals surface area contributed by atoms with Crippen LogP contribution in [0.5, 0.6) is 5.75 Å². The number of oxazole rings is 1. The van der Waals surface area contributed by atoms with E-state index in [1.165, 1.54) is 24.3 Å². The molecule has 1 amide bonds. The van der Waals surface area contributed by atoms with E-state index in [1.54, 1.807) is 35.4 Å². The number of carbonyl (C=O) groups is 1. The molecule has 1 aromatic heterocycles. The number of rotatable bonds is 6. The Morgan fingerprint density at radius 2 is 1.77 bits per heavy atom. The fourth-order valence-electron chi connectivity index (χ4n) is 3.46. The Kier molecular flexibility index (Phi) is 6.22. The molecular formula is C22H20F3N3O3. The molecule has 0 bridgehead atoms. The quantitative estimate of drug-likeness (QED) is 0.590. The van der Waals surface area contributed by atoms with Gasteiger partial charge in [-0.05, 0) is 36.4 Å². The lowest BCUT2D eigenvalue weighted by Crippen LogP contribution is -2.48. The predicted octanol–water partition coefficient (Wildman–Crippen LogP) is 4.04. The van der Waals surface area contributed by atoms with Crippen molar-refractivity contribution in [3.8, 4) is 17.2 Å². The maximum atomic E-state index is 13.1. The fourth-order valence-corrected chi connectivity index (χ4v) is 3.46. The average molecular weight is 431 g/mol. The molecule has 0 atom stereocenters. The summed E-state index contributed by atoms with van der Waals surface area (Å²) in [6.07, 6.45) is 1.56. The summed E-state index contributed by atoms with van der Waals surface area (Å²) in [4.78, 5) is 21.0. The van der Waals surface area contributed by atoms with E-state index in [-0.39, 0.29) is 23.0 Å². The SMILES string of the molecule is O=C(c1ccccc1OC(F)F)N1CCN(Cc2coc(-c3ccc(F)cc3)n2)CC1. The number of hydrogen-bond acceptors (Lipinski definition) is 5. The minimum absolute atomic E-state index is 0.122. The molecule has 1 aliphatic rings. The van der Waals surface area contributed by atoms with Gasteiger partial charge in [0.2, 0.25) is 5.89 Å². The number of nitrogens with zero attached hydrogens (tertiary/aromatic N) is 3. The lowest BCUT2D eigenvalue weighted by molar-refractivity contribution is -0.0503. The summed E-state index contributed by atoms with van der Waals surface area (Å²) in [6.45, 7) is -0.356. The molecule has 31 heavy (non-hydrogen) atoms. The van der Waals surface area contributed by atoms with Crippen molar-refractivity contribution in [3.05, 3.63) is 71.9 Å². The fraction of sp³-hybridized carbons (Fsp3) is 0.273. The Bertz CT molecular complexity index is 1030. The molecule has 0 radical (unpaired) electrons. The normalized spacial score (nSPS) is 14.8. The zero-order valence-corrected chi connectivity index (χ0v) is 16.5. The summed E-state index contributed by atoms with van der Waals surface area (Å²) < 4.78 is 48.2. The Balaban J connectivity index is 1.34. The molecule has 0 unspecified atom stereocenters. The van der Waals surface area contributed by atoms with Gasteiger partial charge in [0.1, 0.15) is 17.8 Å². The van der Waals surface area contributed by atoms with Gasteiger partial charge < -0.3 is 14.1 Å². The third-order valence-corrected chi connectivity index (χ3v) is 5.02. The summed E-state index contributed by atoms with van der Waals surface area (Å²) in [5.41, 5.74) is 1.54. The van der Waals surface area contributed by atoms with Gasteiger partial charge in [-0.15, -0.1) is 0 Å². The molecule has 9 heteroatoms. The van der Waals surface area contributed by atoms with Crippen LogP contribution in [-0.2, 0) is 6.54 Å². The van der Waals surface area contributed by atoms with E-state index in [2.05, 4.69) is 14.6 Å². The van der Waals surface area contributed by atoms with Gasteiger partial charge in [0.25, 0.3) is 5.91 Å². The van der Waals surface area contributed by atoms with E-state index >= 15 is 0 Å². The number of piperazine rings is 1. The van der Waals surface area contributed by atoms with Crippen molar-refractivity contribution in [1.29, 1.82) is 0 Å². The molecule has 1 fully saturated rings. The van der Waals surface area contributed by atoms with Crippen molar-refractivity contribution >= 4 is 5.91 Å². The predicted molar refractivity (Wildman–Crippen MR) is 106 cm³/mol. The van der Waals surface area contributed by atoms with Crippen LogP contribution in [0.2, 0.25) is 0 Å². The third-order valence-electron chi connectivity index (χ3n) is 5.02. The van der Waals surface area contributed by atoms with Gasteiger partial charge in [0.05, 0.1) is 11.3 Å². The summed E-state index contributed by atoms with van der Waals surface area (Å²) in [5.74, 6) is -0.373. The van der Waals surface area contributed by atoms with Crippen molar-refractivity contribution in [2.24, 2.45) is 0 Å². The molecule has 6 nitrogen and oxygen atoms in total. The van der Waals surface area contributed by atoms with E-state index in [4.69, 9.17) is 4.42 Å². The van der Waals surface area contributed by atoms with Gasteiger partial charge in [0, 0.05) is 38.3 Å². The first-order chi connectivity index (χ1) is 15.0. The van der Waals surface area contributed by atoms with Crippen LogP contribution in [0.25, 0.3) is 11.5 Å². The van der Waals surface area contributed by atoms with Crippen LogP contribution in [-0.4, -0.2) is 53.5 Å². The third kappa shape index (κ3) is 5.05. The Labute approximate surface area is 176 Å². The highest BCUT2D eigenvalue weighted by Crippen LogP contribution is 2.23. The number of amides is 1. The lowest BCUT2D eigenvalue weighted by atomic mass is 10.1. The Morgan fingerprint density at radius 1 is 1.06 bits per heavy atom.